The summed E-state index contributed by atoms with van der Waals surface area (Å²) in [6, 6.07) is 118. The second-order valence-electron chi connectivity index (χ2n) is 35.5. The predicted molar refractivity (Wildman–Crippen MR) is 549 cm³/mol. The molecule has 0 radical (unpaired) electrons. The Morgan fingerprint density at radius 1 is 0.326 bits per heavy atom. The molecular weight excluding hydrogens is 1600 g/mol. The number of para-hydroxylation sites is 3. The molecule has 0 unspecified atom stereocenters. The Kier molecular flexibility index (Phi) is 16.7. The first-order valence-electron chi connectivity index (χ1n) is 51.1. The minimum Gasteiger partial charge on any atom is -0.457 e. The molecule has 19 aromatic carbocycles. The van der Waals surface area contributed by atoms with E-state index in [0.29, 0.717) is 56.8 Å². The van der Waals surface area contributed by atoms with Crippen LogP contribution in [0.4, 0.5) is 39.8 Å². The molecule has 3 heterocycles. The standard InChI is InChI=1S/C125H92N6O/c1-123(2,3)96-74-107(86-40-18-10-19-41-86)121(109(76-96)91-46-32-44-88(69-91)84-36-14-8-15-37-84)128(99-52-34-54-101(79-99)130-115-59-29-26-56-105(115)111-68-83(82-126)62-66-117(111)130)103-71-93(90-63-65-114-120(73-90)132-119-61-31-28-58-113(119)125(114,94-48-22-12-23-49-94)95-50-24-13-25-51-95)72-104(81-103)129(100-53-35-55-102(80-100)131-116-60-30-27-57-106(116)112-78-98(127-7)64-67-118(112)131)122-108(87-42-20-11-21-43-87)75-97(124(4,5)6)77-110(122)92-47-33-45-89(70-92)85-38-16-9-17-39-85/h8-81H,1-6H3/i26D,27D,29D,30D,56D,57D,59D,60D,62D,64D,66D,67D,68D,78D. The van der Waals surface area contributed by atoms with Crippen LogP contribution in [0.15, 0.2) is 449 Å². The Balaban J connectivity index is 0.952. The van der Waals surface area contributed by atoms with Crippen LogP contribution < -0.4 is 14.5 Å². The lowest BCUT2D eigenvalue weighted by molar-refractivity contribution is 0.434. The van der Waals surface area contributed by atoms with Gasteiger partial charge in [-0.05, 0) is 240 Å². The van der Waals surface area contributed by atoms with Gasteiger partial charge in [0.05, 0.1) is 73.5 Å². The van der Waals surface area contributed by atoms with Gasteiger partial charge in [-0.25, -0.2) is 4.85 Å². The van der Waals surface area contributed by atoms with Crippen LogP contribution in [0, 0.1) is 17.9 Å². The summed E-state index contributed by atoms with van der Waals surface area (Å²) in [5.41, 5.74) is 17.4. The fourth-order valence-corrected chi connectivity index (χ4v) is 19.1. The van der Waals surface area contributed by atoms with Gasteiger partial charge in [0.25, 0.3) is 0 Å². The number of nitriles is 1. The maximum absolute atomic E-state index is 10.9. The first kappa shape index (κ1) is 66.6. The first-order valence-corrected chi connectivity index (χ1v) is 44.1. The van der Waals surface area contributed by atoms with Gasteiger partial charge in [0.1, 0.15) is 11.5 Å². The Hall–Kier alpha value is -16.8. The zero-order valence-corrected chi connectivity index (χ0v) is 73.2. The second kappa shape index (κ2) is 33.1. The van der Waals surface area contributed by atoms with E-state index in [2.05, 4.69) is 269 Å². The zero-order valence-electron chi connectivity index (χ0n) is 87.2. The summed E-state index contributed by atoms with van der Waals surface area (Å²) in [5, 5.41) is 10.4. The Bertz CT molecular complexity index is 8600. The summed E-state index contributed by atoms with van der Waals surface area (Å²) in [6.07, 6.45) is 0. The quantitative estimate of drug-likeness (QED) is 0.0853. The first-order chi connectivity index (χ1) is 70.5. The summed E-state index contributed by atoms with van der Waals surface area (Å²) in [5.74, 6) is 1.17. The smallest absolute Gasteiger partial charge is 0.188 e. The van der Waals surface area contributed by atoms with Crippen molar-refractivity contribution in [3.8, 4) is 107 Å². The topological polar surface area (TPSA) is 53.7 Å². The van der Waals surface area contributed by atoms with E-state index in [1.165, 1.54) is 4.57 Å². The summed E-state index contributed by atoms with van der Waals surface area (Å²) in [7, 11) is 0. The van der Waals surface area contributed by atoms with Crippen LogP contribution in [0.25, 0.3) is 138 Å². The van der Waals surface area contributed by atoms with Gasteiger partial charge in [-0.15, -0.1) is 0 Å². The molecule has 0 fully saturated rings. The molecule has 0 aliphatic carbocycles. The van der Waals surface area contributed by atoms with Crippen molar-refractivity contribution in [1.29, 1.82) is 5.26 Å². The second-order valence-corrected chi connectivity index (χ2v) is 35.5. The van der Waals surface area contributed by atoms with Crippen molar-refractivity contribution in [2.24, 2.45) is 0 Å². The molecule has 1 aliphatic heterocycles. The van der Waals surface area contributed by atoms with Crippen molar-refractivity contribution in [3.05, 3.63) is 499 Å². The summed E-state index contributed by atoms with van der Waals surface area (Å²) in [4.78, 5) is 8.08. The third-order valence-corrected chi connectivity index (χ3v) is 25.4. The Labute approximate surface area is 790 Å². The van der Waals surface area contributed by atoms with E-state index >= 15 is 0 Å². The Morgan fingerprint density at radius 2 is 0.720 bits per heavy atom. The fraction of sp³-hybridized carbons (Fsp3) is 0.0720. The highest BCUT2D eigenvalue weighted by Crippen LogP contribution is 2.59. The van der Waals surface area contributed by atoms with Gasteiger partial charge in [-0.2, -0.15) is 5.26 Å². The van der Waals surface area contributed by atoms with E-state index in [-0.39, 0.29) is 55.0 Å². The van der Waals surface area contributed by atoms with Crippen molar-refractivity contribution in [1.82, 2.24) is 9.13 Å². The lowest BCUT2D eigenvalue weighted by Gasteiger charge is -2.41. The number of hydrogen-bond donors (Lipinski definition) is 0. The molecule has 0 saturated carbocycles. The predicted octanol–water partition coefficient (Wildman–Crippen LogP) is 34.0. The van der Waals surface area contributed by atoms with Gasteiger partial charge in [0, 0.05) is 86.4 Å². The fourth-order valence-electron chi connectivity index (χ4n) is 19.1. The molecule has 0 saturated heterocycles. The molecular formula is C125H92N6O. The molecule has 0 bridgehead atoms. The van der Waals surface area contributed by atoms with E-state index in [4.69, 9.17) is 11.3 Å². The van der Waals surface area contributed by atoms with Crippen molar-refractivity contribution >= 4 is 83.4 Å². The maximum Gasteiger partial charge on any atom is 0.188 e. The number of rotatable bonds is 17. The molecule has 1 aliphatic rings. The minimum absolute atomic E-state index is 0.0942. The van der Waals surface area contributed by atoms with Crippen LogP contribution in [-0.2, 0) is 16.2 Å². The van der Waals surface area contributed by atoms with Gasteiger partial charge in [-0.3, -0.25) is 0 Å². The van der Waals surface area contributed by atoms with E-state index in [1.54, 1.807) is 16.7 Å². The zero-order chi connectivity index (χ0) is 102. The molecule has 7 nitrogen and oxygen atoms in total. The number of benzene rings is 19. The SMILES string of the molecule is [2H]c1c([2H])c([2H])c2c(c1[2H])c1c([2H])c(C#N)c([2H])c([2H])c1n2-c1cccc(N(c2cc(-c3ccc4c(c3)Oc3ccccc3C4(c3ccccc3)c3ccccc3)cc(N(c3cccc(-n4c5c([2H])c([2H])c([2H])c([2H])c5c5c([2H])c([N+]#[C-])c([2H])c([2H])c54)c3)c3c(-c4ccccc4)cc(C(C)(C)C)cc3-c3cccc(-c4ccccc4)c3)c2)c2c(-c3ccccc3)cc(C(C)(C)C)cc2-c2cccc(-c3ccccc3)c2)c1. The van der Waals surface area contributed by atoms with Crippen LogP contribution in [0.1, 0.15) is 99.7 Å². The molecule has 2 aromatic heterocycles. The minimum atomic E-state index is -0.978. The lowest BCUT2D eigenvalue weighted by atomic mass is 9.63. The molecule has 22 rings (SSSR count). The van der Waals surface area contributed by atoms with Crippen LogP contribution >= 0.6 is 0 Å². The third-order valence-electron chi connectivity index (χ3n) is 25.4. The van der Waals surface area contributed by atoms with Gasteiger partial charge >= 0.3 is 0 Å². The molecule has 0 amide bonds. The van der Waals surface area contributed by atoms with Gasteiger partial charge < -0.3 is 23.7 Å². The van der Waals surface area contributed by atoms with Crippen LogP contribution in [0.3, 0.4) is 0 Å². The summed E-state index contributed by atoms with van der Waals surface area (Å²) >= 11 is 0. The van der Waals surface area contributed by atoms with E-state index in [1.807, 2.05) is 146 Å². The van der Waals surface area contributed by atoms with Crippen LogP contribution in [0.2, 0.25) is 0 Å². The summed E-state index contributed by atoms with van der Waals surface area (Å²) < 4.78 is 147. The normalized spacial score (nSPS) is 13.8. The molecule has 0 N–H and O–H groups in total. The highest BCUT2D eigenvalue weighted by molar-refractivity contribution is 6.12. The average molecular weight is 1710 g/mol. The molecule has 21 aromatic rings. The van der Waals surface area contributed by atoms with Gasteiger partial charge in [0.15, 0.2) is 5.69 Å². The molecule has 0 spiro atoms. The monoisotopic (exact) mass is 1710 g/mol. The van der Waals surface area contributed by atoms with Crippen LogP contribution in [0.5, 0.6) is 11.5 Å². The molecule has 628 valence electrons. The van der Waals surface area contributed by atoms with E-state index < -0.39 is 112 Å². The van der Waals surface area contributed by atoms with E-state index in [0.717, 1.165) is 100 Å². The number of anilines is 6. The molecule has 0 atom stereocenters. The highest BCUT2D eigenvalue weighted by atomic mass is 16.5. The third kappa shape index (κ3) is 14.3. The number of ether oxygens (including phenoxy) is 1. The number of hydrogen-bond acceptors (Lipinski definition) is 4. The number of aromatic nitrogens is 2. The van der Waals surface area contributed by atoms with Crippen molar-refractivity contribution in [2.75, 3.05) is 9.80 Å². The van der Waals surface area contributed by atoms with Gasteiger partial charge in [0.2, 0.25) is 0 Å². The average Bonchev–Trinajstić information content (AvgIpc) is 1.29. The Morgan fingerprint density at radius 3 is 1.20 bits per heavy atom. The van der Waals surface area contributed by atoms with Crippen LogP contribution in [-0.4, -0.2) is 9.13 Å². The number of fused-ring (bicyclic) bond motifs is 8. The molecule has 7 heteroatoms. The van der Waals surface area contributed by atoms with Crippen molar-refractivity contribution in [2.45, 2.75) is 57.8 Å². The van der Waals surface area contributed by atoms with Crippen molar-refractivity contribution < 1.29 is 23.9 Å². The van der Waals surface area contributed by atoms with Gasteiger partial charge in [-0.1, -0.05) is 345 Å². The van der Waals surface area contributed by atoms with Crippen molar-refractivity contribution in [3.63, 3.8) is 0 Å². The summed E-state index contributed by atoms with van der Waals surface area (Å²) in [6.45, 7) is 21.6. The van der Waals surface area contributed by atoms with E-state index in [9.17, 15) is 24.5 Å². The number of nitrogens with zero attached hydrogens (tertiary/aromatic N) is 6. The highest BCUT2D eigenvalue weighted by Gasteiger charge is 2.46. The lowest BCUT2D eigenvalue weighted by Crippen LogP contribution is -2.34. The maximum atomic E-state index is 10.9. The largest absolute Gasteiger partial charge is 0.457 e. The molecule has 132 heavy (non-hydrogen) atoms.